The molecule has 0 bridgehead atoms. The maximum atomic E-state index is 12.2. The van der Waals surface area contributed by atoms with Gasteiger partial charge in [0, 0.05) is 11.8 Å². The number of nitrogens with one attached hydrogen (secondary N) is 1. The number of hydrogen-bond acceptors (Lipinski definition) is 6. The van der Waals surface area contributed by atoms with Crippen molar-refractivity contribution in [3.8, 4) is 11.5 Å². The molecule has 0 radical (unpaired) electrons. The number of sulfone groups is 1. The van der Waals surface area contributed by atoms with Crippen LogP contribution < -0.4 is 14.9 Å². The van der Waals surface area contributed by atoms with E-state index in [-0.39, 0.29) is 4.90 Å². The van der Waals surface area contributed by atoms with E-state index < -0.39 is 15.7 Å². The molecule has 1 amide bonds. The summed E-state index contributed by atoms with van der Waals surface area (Å²) in [5, 5.41) is 4.06. The van der Waals surface area contributed by atoms with E-state index >= 15 is 0 Å². The number of methoxy groups -OCH3 is 2. The fourth-order valence-corrected chi connectivity index (χ4v) is 2.81. The zero-order valence-electron chi connectivity index (χ0n) is 14.9. The molecular formula is C18H20N2O5S. The maximum absolute atomic E-state index is 12.2. The lowest BCUT2D eigenvalue weighted by Crippen LogP contribution is -2.19. The van der Waals surface area contributed by atoms with Crippen LogP contribution in [0.25, 0.3) is 0 Å². The normalized spacial score (nSPS) is 11.8. The number of nitrogens with zero attached hydrogens (tertiary/aromatic N) is 1. The predicted octanol–water partition coefficient (Wildman–Crippen LogP) is 2.26. The van der Waals surface area contributed by atoms with Crippen LogP contribution in [0.5, 0.6) is 11.5 Å². The van der Waals surface area contributed by atoms with E-state index in [0.717, 1.165) is 6.26 Å². The Kier molecular flexibility index (Phi) is 5.99. The minimum absolute atomic E-state index is 0.225. The Morgan fingerprint density at radius 3 is 2.08 bits per heavy atom. The first-order chi connectivity index (χ1) is 12.3. The standard InChI is InChI=1S/C18H20N2O5S/c1-12(13-5-8-15(9-6-13)26(4,22)23)19-20-18(21)14-7-10-16(24-2)17(11-14)25-3/h5-11H,1-4H3,(H,20,21)/b19-12+. The van der Waals surface area contributed by atoms with E-state index in [1.165, 1.54) is 26.4 Å². The third-order valence-electron chi connectivity index (χ3n) is 3.67. The van der Waals surface area contributed by atoms with Crippen LogP contribution in [0.3, 0.4) is 0 Å². The van der Waals surface area contributed by atoms with E-state index in [4.69, 9.17) is 9.47 Å². The van der Waals surface area contributed by atoms with Crippen LogP contribution in [0, 0.1) is 0 Å². The Hall–Kier alpha value is -2.87. The van der Waals surface area contributed by atoms with E-state index in [2.05, 4.69) is 10.5 Å². The third-order valence-corrected chi connectivity index (χ3v) is 4.80. The molecule has 0 aromatic heterocycles. The minimum atomic E-state index is -3.25. The molecule has 0 aliphatic heterocycles. The first-order valence-electron chi connectivity index (χ1n) is 7.63. The van der Waals surface area contributed by atoms with Crippen molar-refractivity contribution in [3.05, 3.63) is 53.6 Å². The van der Waals surface area contributed by atoms with Gasteiger partial charge in [-0.3, -0.25) is 4.79 Å². The largest absolute Gasteiger partial charge is 0.493 e. The Bertz CT molecular complexity index is 935. The number of carbonyl (C=O) groups excluding carboxylic acids is 1. The molecule has 7 nitrogen and oxygen atoms in total. The summed E-state index contributed by atoms with van der Waals surface area (Å²) >= 11 is 0. The summed E-state index contributed by atoms with van der Waals surface area (Å²) in [5.74, 6) is 0.560. The molecule has 0 heterocycles. The SMILES string of the molecule is COc1ccc(C(=O)N/N=C(\C)c2ccc(S(C)(=O)=O)cc2)cc1OC. The zero-order valence-corrected chi connectivity index (χ0v) is 15.8. The van der Waals surface area contributed by atoms with Gasteiger partial charge in [0.1, 0.15) is 0 Å². The summed E-state index contributed by atoms with van der Waals surface area (Å²) in [6.07, 6.45) is 1.15. The van der Waals surface area contributed by atoms with Crippen LogP contribution in [0.1, 0.15) is 22.8 Å². The lowest BCUT2D eigenvalue weighted by molar-refractivity contribution is 0.0954. The highest BCUT2D eigenvalue weighted by atomic mass is 32.2. The Morgan fingerprint density at radius 1 is 0.962 bits per heavy atom. The molecule has 0 aliphatic carbocycles. The van der Waals surface area contributed by atoms with Gasteiger partial charge in [0.2, 0.25) is 0 Å². The van der Waals surface area contributed by atoms with Crippen LogP contribution in [-0.2, 0) is 9.84 Å². The van der Waals surface area contributed by atoms with Crippen molar-refractivity contribution in [3.63, 3.8) is 0 Å². The molecule has 0 saturated carbocycles. The van der Waals surface area contributed by atoms with Crippen molar-refractivity contribution < 1.29 is 22.7 Å². The van der Waals surface area contributed by atoms with Gasteiger partial charge in [-0.2, -0.15) is 5.10 Å². The van der Waals surface area contributed by atoms with Crippen LogP contribution in [0.15, 0.2) is 52.5 Å². The van der Waals surface area contributed by atoms with Crippen molar-refractivity contribution in [2.75, 3.05) is 20.5 Å². The average Bonchev–Trinajstić information content (AvgIpc) is 2.64. The highest BCUT2D eigenvalue weighted by Crippen LogP contribution is 2.27. The molecule has 0 spiro atoms. The second-order valence-electron chi connectivity index (χ2n) is 5.50. The number of hydrazone groups is 1. The lowest BCUT2D eigenvalue weighted by atomic mass is 10.1. The topological polar surface area (TPSA) is 94.1 Å². The number of ether oxygens (including phenoxy) is 2. The lowest BCUT2D eigenvalue weighted by Gasteiger charge is -2.09. The molecule has 8 heteroatoms. The van der Waals surface area contributed by atoms with Crippen molar-refractivity contribution in [2.24, 2.45) is 5.10 Å². The van der Waals surface area contributed by atoms with Crippen molar-refractivity contribution >= 4 is 21.5 Å². The van der Waals surface area contributed by atoms with Gasteiger partial charge in [0.05, 0.1) is 24.8 Å². The summed E-state index contributed by atoms with van der Waals surface area (Å²) in [4.78, 5) is 12.5. The predicted molar refractivity (Wildman–Crippen MR) is 98.8 cm³/mol. The smallest absolute Gasteiger partial charge is 0.271 e. The number of amides is 1. The molecule has 138 valence electrons. The van der Waals surface area contributed by atoms with E-state index in [9.17, 15) is 13.2 Å². The molecule has 2 aromatic rings. The molecule has 2 rings (SSSR count). The zero-order chi connectivity index (χ0) is 19.3. The first kappa shape index (κ1) is 19.5. The van der Waals surface area contributed by atoms with Gasteiger partial charge < -0.3 is 9.47 Å². The summed E-state index contributed by atoms with van der Waals surface area (Å²) in [6, 6.07) is 11.1. The molecule has 0 saturated heterocycles. The molecule has 0 atom stereocenters. The Balaban J connectivity index is 2.14. The van der Waals surface area contributed by atoms with Gasteiger partial charge in [-0.05, 0) is 42.8 Å². The average molecular weight is 376 g/mol. The Morgan fingerprint density at radius 2 is 1.54 bits per heavy atom. The van der Waals surface area contributed by atoms with E-state index in [1.54, 1.807) is 37.3 Å². The monoisotopic (exact) mass is 376 g/mol. The number of hydrogen-bond donors (Lipinski definition) is 1. The second-order valence-corrected chi connectivity index (χ2v) is 7.52. The second kappa shape index (κ2) is 8.01. The summed E-state index contributed by atoms with van der Waals surface area (Å²) < 4.78 is 33.3. The third kappa shape index (κ3) is 4.60. The molecule has 1 N–H and O–H groups in total. The Labute approximate surface area is 152 Å². The fraction of sp³-hybridized carbons (Fsp3) is 0.222. The van der Waals surface area contributed by atoms with Crippen LogP contribution in [0.4, 0.5) is 0 Å². The van der Waals surface area contributed by atoms with Crippen LogP contribution in [-0.4, -0.2) is 40.5 Å². The molecule has 0 aliphatic rings. The highest BCUT2D eigenvalue weighted by molar-refractivity contribution is 7.90. The van der Waals surface area contributed by atoms with Crippen molar-refractivity contribution in [1.82, 2.24) is 5.43 Å². The van der Waals surface area contributed by atoms with Crippen molar-refractivity contribution in [1.29, 1.82) is 0 Å². The molecule has 0 fully saturated rings. The summed E-state index contributed by atoms with van der Waals surface area (Å²) in [7, 11) is -0.249. The van der Waals surface area contributed by atoms with E-state index in [0.29, 0.717) is 28.3 Å². The fourth-order valence-electron chi connectivity index (χ4n) is 2.18. The molecule has 26 heavy (non-hydrogen) atoms. The van der Waals surface area contributed by atoms with Crippen LogP contribution >= 0.6 is 0 Å². The number of rotatable bonds is 6. The summed E-state index contributed by atoms with van der Waals surface area (Å²) in [5.41, 5.74) is 4.07. The maximum Gasteiger partial charge on any atom is 0.271 e. The first-order valence-corrected chi connectivity index (χ1v) is 9.52. The highest BCUT2D eigenvalue weighted by Gasteiger charge is 2.11. The molecular weight excluding hydrogens is 356 g/mol. The summed E-state index contributed by atoms with van der Waals surface area (Å²) in [6.45, 7) is 1.71. The van der Waals surface area contributed by atoms with Gasteiger partial charge >= 0.3 is 0 Å². The van der Waals surface area contributed by atoms with Crippen LogP contribution in [0.2, 0.25) is 0 Å². The van der Waals surface area contributed by atoms with Gasteiger partial charge in [-0.15, -0.1) is 0 Å². The van der Waals surface area contributed by atoms with E-state index in [1.807, 2.05) is 0 Å². The van der Waals surface area contributed by atoms with Gasteiger partial charge in [-0.1, -0.05) is 12.1 Å². The van der Waals surface area contributed by atoms with Gasteiger partial charge in [0.15, 0.2) is 21.3 Å². The minimum Gasteiger partial charge on any atom is -0.493 e. The van der Waals surface area contributed by atoms with Gasteiger partial charge in [-0.25, -0.2) is 13.8 Å². The van der Waals surface area contributed by atoms with Crippen molar-refractivity contribution in [2.45, 2.75) is 11.8 Å². The number of benzene rings is 2. The molecule has 2 aromatic carbocycles. The molecule has 0 unspecified atom stereocenters. The quantitative estimate of drug-likeness (QED) is 0.616. The number of carbonyl (C=O) groups is 1. The van der Waals surface area contributed by atoms with Gasteiger partial charge in [0.25, 0.3) is 5.91 Å².